The maximum atomic E-state index is 8.87. The zero-order chi connectivity index (χ0) is 14.8. The Kier molecular flexibility index (Phi) is 7.46. The highest BCUT2D eigenvalue weighted by Crippen LogP contribution is 2.25. The SMILES string of the molecule is COCCOCCOc1cc(OC)ccc1/C(C)=N/O. The molecule has 0 spiro atoms. The van der Waals surface area contributed by atoms with Gasteiger partial charge in [-0.25, -0.2) is 0 Å². The van der Waals surface area contributed by atoms with Crippen molar-refractivity contribution < 1.29 is 24.2 Å². The van der Waals surface area contributed by atoms with E-state index in [-0.39, 0.29) is 0 Å². The Morgan fingerprint density at radius 3 is 2.55 bits per heavy atom. The van der Waals surface area contributed by atoms with E-state index in [0.717, 1.165) is 0 Å². The molecule has 1 aromatic rings. The summed E-state index contributed by atoms with van der Waals surface area (Å²) in [4.78, 5) is 0. The minimum atomic E-state index is 0.391. The summed E-state index contributed by atoms with van der Waals surface area (Å²) in [5.41, 5.74) is 1.19. The van der Waals surface area contributed by atoms with E-state index in [1.165, 1.54) is 0 Å². The largest absolute Gasteiger partial charge is 0.497 e. The standard InChI is InChI=1S/C14H21NO5/c1-11(15-16)13-5-4-12(18-3)10-14(13)20-9-8-19-7-6-17-2/h4-5,10,16H,6-9H2,1-3H3/b15-11+. The highest BCUT2D eigenvalue weighted by Gasteiger charge is 2.09. The van der Waals surface area contributed by atoms with Gasteiger partial charge < -0.3 is 24.2 Å². The zero-order valence-corrected chi connectivity index (χ0v) is 12.1. The van der Waals surface area contributed by atoms with E-state index in [4.69, 9.17) is 24.2 Å². The fourth-order valence-corrected chi connectivity index (χ4v) is 1.56. The van der Waals surface area contributed by atoms with Gasteiger partial charge in [-0.2, -0.15) is 0 Å². The summed E-state index contributed by atoms with van der Waals surface area (Å²) >= 11 is 0. The molecule has 1 rings (SSSR count). The number of ether oxygens (including phenoxy) is 4. The molecular weight excluding hydrogens is 262 g/mol. The number of oxime groups is 1. The van der Waals surface area contributed by atoms with Crippen LogP contribution in [-0.2, 0) is 9.47 Å². The summed E-state index contributed by atoms with van der Waals surface area (Å²) in [6.45, 7) is 3.63. The molecule has 0 bridgehead atoms. The van der Waals surface area contributed by atoms with Gasteiger partial charge in [-0.15, -0.1) is 0 Å². The van der Waals surface area contributed by atoms with Crippen molar-refractivity contribution in [2.75, 3.05) is 40.6 Å². The lowest BCUT2D eigenvalue weighted by Gasteiger charge is -2.12. The molecule has 1 N–H and O–H groups in total. The lowest BCUT2D eigenvalue weighted by atomic mass is 10.1. The number of nitrogens with zero attached hydrogens (tertiary/aromatic N) is 1. The molecule has 6 heteroatoms. The molecule has 0 amide bonds. The lowest BCUT2D eigenvalue weighted by Crippen LogP contribution is -2.11. The smallest absolute Gasteiger partial charge is 0.132 e. The van der Waals surface area contributed by atoms with Gasteiger partial charge in [-0.1, -0.05) is 5.16 Å². The molecule has 0 aliphatic heterocycles. The first kappa shape index (κ1) is 16.3. The first-order chi connectivity index (χ1) is 9.72. The van der Waals surface area contributed by atoms with Gasteiger partial charge in [-0.3, -0.25) is 0 Å². The van der Waals surface area contributed by atoms with E-state index >= 15 is 0 Å². The van der Waals surface area contributed by atoms with Crippen LogP contribution in [0.1, 0.15) is 12.5 Å². The highest BCUT2D eigenvalue weighted by molar-refractivity contribution is 6.00. The van der Waals surface area contributed by atoms with Crippen LogP contribution >= 0.6 is 0 Å². The van der Waals surface area contributed by atoms with Crippen molar-refractivity contribution in [1.29, 1.82) is 0 Å². The third kappa shape index (κ3) is 5.07. The lowest BCUT2D eigenvalue weighted by molar-refractivity contribution is 0.0543. The van der Waals surface area contributed by atoms with Gasteiger partial charge in [0.05, 0.1) is 32.6 Å². The first-order valence-electron chi connectivity index (χ1n) is 6.29. The van der Waals surface area contributed by atoms with Gasteiger partial charge in [0.15, 0.2) is 0 Å². The molecule has 0 heterocycles. The molecule has 0 radical (unpaired) electrons. The van der Waals surface area contributed by atoms with E-state index in [1.54, 1.807) is 39.3 Å². The Labute approximate surface area is 118 Å². The molecule has 0 fully saturated rings. The second-order valence-corrected chi connectivity index (χ2v) is 4.00. The van der Waals surface area contributed by atoms with Crippen molar-refractivity contribution in [3.8, 4) is 11.5 Å². The molecule has 0 unspecified atom stereocenters. The summed E-state index contributed by atoms with van der Waals surface area (Å²) in [6, 6.07) is 5.32. The molecule has 0 saturated heterocycles. The summed E-state index contributed by atoms with van der Waals surface area (Å²) in [5, 5.41) is 12.1. The monoisotopic (exact) mass is 283 g/mol. The van der Waals surface area contributed by atoms with Crippen LogP contribution in [0.5, 0.6) is 11.5 Å². The molecule has 20 heavy (non-hydrogen) atoms. The molecule has 0 aromatic heterocycles. The molecule has 112 valence electrons. The maximum absolute atomic E-state index is 8.87. The predicted octanol–water partition coefficient (Wildman–Crippen LogP) is 1.94. The molecular formula is C14H21NO5. The molecule has 0 atom stereocenters. The predicted molar refractivity (Wildman–Crippen MR) is 75.2 cm³/mol. The number of benzene rings is 1. The number of methoxy groups -OCH3 is 2. The van der Waals surface area contributed by atoms with Gasteiger partial charge in [0.1, 0.15) is 18.1 Å². The van der Waals surface area contributed by atoms with Crippen molar-refractivity contribution >= 4 is 5.71 Å². The minimum Gasteiger partial charge on any atom is -0.497 e. The summed E-state index contributed by atoms with van der Waals surface area (Å²) < 4.78 is 21.0. The first-order valence-corrected chi connectivity index (χ1v) is 6.29. The summed E-state index contributed by atoms with van der Waals surface area (Å²) in [6.07, 6.45) is 0. The van der Waals surface area contributed by atoms with Crippen LogP contribution in [0.15, 0.2) is 23.4 Å². The van der Waals surface area contributed by atoms with Gasteiger partial charge in [-0.05, 0) is 19.1 Å². The average molecular weight is 283 g/mol. The quantitative estimate of drug-likeness (QED) is 0.324. The summed E-state index contributed by atoms with van der Waals surface area (Å²) in [5.74, 6) is 1.27. The van der Waals surface area contributed by atoms with Crippen LogP contribution in [-0.4, -0.2) is 51.6 Å². The third-order valence-corrected chi connectivity index (χ3v) is 2.65. The maximum Gasteiger partial charge on any atom is 0.132 e. The van der Waals surface area contributed by atoms with Crippen molar-refractivity contribution in [1.82, 2.24) is 0 Å². The molecule has 6 nitrogen and oxygen atoms in total. The van der Waals surface area contributed by atoms with Crippen LogP contribution in [0.2, 0.25) is 0 Å². The number of hydrogen-bond donors (Lipinski definition) is 1. The van der Waals surface area contributed by atoms with Crippen molar-refractivity contribution in [3.63, 3.8) is 0 Å². The van der Waals surface area contributed by atoms with E-state index in [2.05, 4.69) is 5.16 Å². The van der Waals surface area contributed by atoms with Crippen LogP contribution < -0.4 is 9.47 Å². The fourth-order valence-electron chi connectivity index (χ4n) is 1.56. The molecule has 0 aliphatic carbocycles. The average Bonchev–Trinajstić information content (AvgIpc) is 2.49. The Bertz CT molecular complexity index is 434. The zero-order valence-electron chi connectivity index (χ0n) is 12.1. The highest BCUT2D eigenvalue weighted by atomic mass is 16.5. The Morgan fingerprint density at radius 1 is 1.15 bits per heavy atom. The minimum absolute atomic E-state index is 0.391. The second-order valence-electron chi connectivity index (χ2n) is 4.00. The molecule has 1 aromatic carbocycles. The summed E-state index contributed by atoms with van der Waals surface area (Å²) in [7, 11) is 3.21. The third-order valence-electron chi connectivity index (χ3n) is 2.65. The van der Waals surface area contributed by atoms with Crippen LogP contribution in [0, 0.1) is 0 Å². The number of rotatable bonds is 9. The van der Waals surface area contributed by atoms with Gasteiger partial charge in [0, 0.05) is 18.7 Å². The van der Waals surface area contributed by atoms with Crippen molar-refractivity contribution in [3.05, 3.63) is 23.8 Å². The van der Waals surface area contributed by atoms with Crippen LogP contribution in [0.4, 0.5) is 0 Å². The van der Waals surface area contributed by atoms with Crippen LogP contribution in [0.3, 0.4) is 0 Å². The molecule has 0 saturated carbocycles. The van der Waals surface area contributed by atoms with E-state index < -0.39 is 0 Å². The Morgan fingerprint density at radius 2 is 1.90 bits per heavy atom. The topological polar surface area (TPSA) is 69.5 Å². The van der Waals surface area contributed by atoms with Gasteiger partial charge >= 0.3 is 0 Å². The van der Waals surface area contributed by atoms with Gasteiger partial charge in [0.2, 0.25) is 0 Å². The van der Waals surface area contributed by atoms with E-state index in [1.807, 2.05) is 0 Å². The fraction of sp³-hybridized carbons (Fsp3) is 0.500. The normalized spacial score (nSPS) is 11.4. The Hall–Kier alpha value is -1.79. The van der Waals surface area contributed by atoms with Gasteiger partial charge in [0.25, 0.3) is 0 Å². The van der Waals surface area contributed by atoms with Crippen molar-refractivity contribution in [2.24, 2.45) is 5.16 Å². The molecule has 0 aliphatic rings. The van der Waals surface area contributed by atoms with Crippen LogP contribution in [0.25, 0.3) is 0 Å². The number of hydrogen-bond acceptors (Lipinski definition) is 6. The van der Waals surface area contributed by atoms with E-state index in [0.29, 0.717) is 49.2 Å². The van der Waals surface area contributed by atoms with Crippen molar-refractivity contribution in [2.45, 2.75) is 6.92 Å². The Balaban J connectivity index is 2.61. The second kappa shape index (κ2) is 9.17. The van der Waals surface area contributed by atoms with E-state index in [9.17, 15) is 0 Å².